The standard InChI is InChI=1S/C11H10BrN3O4/c12-8-2-1-7(15(18)19)4-9(8)14-5-6(11(13)17)3-10(14)16/h1-2,4,6H,3,5H2,(H2,13,17). The highest BCUT2D eigenvalue weighted by Crippen LogP contribution is 2.34. The van der Waals surface area contributed by atoms with Crippen molar-refractivity contribution in [1.82, 2.24) is 0 Å². The first kappa shape index (κ1) is 13.5. The smallest absolute Gasteiger partial charge is 0.271 e. The van der Waals surface area contributed by atoms with Crippen molar-refractivity contribution in [3.05, 3.63) is 32.8 Å². The second-order valence-electron chi connectivity index (χ2n) is 4.20. The number of primary amides is 1. The molecule has 0 radical (unpaired) electrons. The van der Waals surface area contributed by atoms with Crippen LogP contribution in [-0.2, 0) is 9.59 Å². The third-order valence-electron chi connectivity index (χ3n) is 2.96. The lowest BCUT2D eigenvalue weighted by Gasteiger charge is -2.17. The van der Waals surface area contributed by atoms with Crippen molar-refractivity contribution in [2.24, 2.45) is 11.7 Å². The van der Waals surface area contributed by atoms with E-state index in [0.717, 1.165) is 0 Å². The van der Waals surface area contributed by atoms with E-state index in [2.05, 4.69) is 15.9 Å². The molecule has 19 heavy (non-hydrogen) atoms. The molecule has 2 N–H and O–H groups in total. The number of nitrogens with zero attached hydrogens (tertiary/aromatic N) is 2. The molecular weight excluding hydrogens is 318 g/mol. The molecule has 100 valence electrons. The predicted molar refractivity (Wildman–Crippen MR) is 70.5 cm³/mol. The van der Waals surface area contributed by atoms with E-state index in [9.17, 15) is 19.7 Å². The molecule has 7 nitrogen and oxygen atoms in total. The van der Waals surface area contributed by atoms with Crippen LogP contribution in [0.15, 0.2) is 22.7 Å². The molecule has 1 aromatic carbocycles. The van der Waals surface area contributed by atoms with E-state index in [1.54, 1.807) is 0 Å². The van der Waals surface area contributed by atoms with Crippen molar-refractivity contribution < 1.29 is 14.5 Å². The first-order valence-corrected chi connectivity index (χ1v) is 6.23. The average Bonchev–Trinajstić information content (AvgIpc) is 2.72. The number of benzene rings is 1. The van der Waals surface area contributed by atoms with E-state index in [-0.39, 0.29) is 24.6 Å². The van der Waals surface area contributed by atoms with Gasteiger partial charge in [0.1, 0.15) is 0 Å². The van der Waals surface area contributed by atoms with Crippen LogP contribution in [0.4, 0.5) is 11.4 Å². The van der Waals surface area contributed by atoms with Crippen LogP contribution in [0.3, 0.4) is 0 Å². The normalized spacial score (nSPS) is 18.7. The maximum absolute atomic E-state index is 11.9. The molecule has 2 amide bonds. The van der Waals surface area contributed by atoms with E-state index < -0.39 is 16.7 Å². The maximum atomic E-state index is 11.9. The van der Waals surface area contributed by atoms with Gasteiger partial charge in [-0.25, -0.2) is 0 Å². The van der Waals surface area contributed by atoms with Gasteiger partial charge in [-0.05, 0) is 22.0 Å². The summed E-state index contributed by atoms with van der Waals surface area (Å²) in [4.78, 5) is 34.5. The van der Waals surface area contributed by atoms with Crippen LogP contribution in [-0.4, -0.2) is 23.3 Å². The molecule has 0 aromatic heterocycles. The molecule has 1 aliphatic heterocycles. The maximum Gasteiger partial charge on any atom is 0.271 e. The third kappa shape index (κ3) is 2.58. The largest absolute Gasteiger partial charge is 0.369 e. The molecule has 1 heterocycles. The number of rotatable bonds is 3. The highest BCUT2D eigenvalue weighted by Gasteiger charge is 2.35. The average molecular weight is 328 g/mol. The lowest BCUT2D eigenvalue weighted by atomic mass is 10.1. The minimum atomic E-state index is -0.557. The van der Waals surface area contributed by atoms with Crippen molar-refractivity contribution in [3.63, 3.8) is 0 Å². The molecular formula is C11H10BrN3O4. The van der Waals surface area contributed by atoms with Crippen molar-refractivity contribution in [1.29, 1.82) is 0 Å². The molecule has 1 unspecified atom stereocenters. The minimum absolute atomic E-state index is 0.0322. The van der Waals surface area contributed by atoms with Crippen molar-refractivity contribution in [2.75, 3.05) is 11.4 Å². The Hall–Kier alpha value is -1.96. The Morgan fingerprint density at radius 2 is 2.21 bits per heavy atom. The summed E-state index contributed by atoms with van der Waals surface area (Å²) >= 11 is 3.24. The molecule has 1 saturated heterocycles. The topological polar surface area (TPSA) is 107 Å². The number of carbonyl (C=O) groups excluding carboxylic acids is 2. The third-order valence-corrected chi connectivity index (χ3v) is 3.63. The van der Waals surface area contributed by atoms with Gasteiger partial charge in [-0.3, -0.25) is 19.7 Å². The molecule has 1 aliphatic rings. The lowest BCUT2D eigenvalue weighted by molar-refractivity contribution is -0.384. The fourth-order valence-electron chi connectivity index (χ4n) is 1.95. The monoisotopic (exact) mass is 327 g/mol. The fourth-order valence-corrected chi connectivity index (χ4v) is 2.41. The van der Waals surface area contributed by atoms with Gasteiger partial charge < -0.3 is 10.6 Å². The highest BCUT2D eigenvalue weighted by molar-refractivity contribution is 9.10. The summed E-state index contributed by atoms with van der Waals surface area (Å²) in [5, 5.41) is 10.7. The number of nitrogens with two attached hydrogens (primary N) is 1. The van der Waals surface area contributed by atoms with Crippen LogP contribution in [0.5, 0.6) is 0 Å². The van der Waals surface area contributed by atoms with E-state index in [0.29, 0.717) is 10.2 Å². The number of halogens is 1. The zero-order chi connectivity index (χ0) is 14.2. The number of non-ortho nitro benzene ring substituents is 1. The number of nitro benzene ring substituents is 1. The highest BCUT2D eigenvalue weighted by atomic mass is 79.9. The fraction of sp³-hybridized carbons (Fsp3) is 0.273. The van der Waals surface area contributed by atoms with Crippen LogP contribution in [0, 0.1) is 16.0 Å². The Labute approximate surface area is 116 Å². The first-order chi connectivity index (χ1) is 8.90. The summed E-state index contributed by atoms with van der Waals surface area (Å²) < 4.78 is 0.552. The van der Waals surface area contributed by atoms with Crippen LogP contribution < -0.4 is 10.6 Å². The first-order valence-electron chi connectivity index (χ1n) is 5.43. The quantitative estimate of drug-likeness (QED) is 0.664. The van der Waals surface area contributed by atoms with Gasteiger partial charge in [-0.1, -0.05) is 0 Å². The number of anilines is 1. The summed E-state index contributed by atoms with van der Waals surface area (Å²) in [7, 11) is 0. The van der Waals surface area contributed by atoms with Crippen molar-refractivity contribution in [2.45, 2.75) is 6.42 Å². The van der Waals surface area contributed by atoms with Crippen LogP contribution in [0.1, 0.15) is 6.42 Å². The van der Waals surface area contributed by atoms with Crippen LogP contribution in [0.25, 0.3) is 0 Å². The van der Waals surface area contributed by atoms with Crippen molar-refractivity contribution in [3.8, 4) is 0 Å². The Morgan fingerprint density at radius 1 is 1.53 bits per heavy atom. The Morgan fingerprint density at radius 3 is 2.74 bits per heavy atom. The second-order valence-corrected chi connectivity index (χ2v) is 5.05. The molecule has 8 heteroatoms. The predicted octanol–water partition coefficient (Wildman–Crippen LogP) is 1.20. The second kappa shape index (κ2) is 4.96. The molecule has 0 spiro atoms. The number of hydrogen-bond acceptors (Lipinski definition) is 4. The Balaban J connectivity index is 2.36. The van der Waals surface area contributed by atoms with E-state index >= 15 is 0 Å². The van der Waals surface area contributed by atoms with Crippen LogP contribution in [0.2, 0.25) is 0 Å². The van der Waals surface area contributed by atoms with Gasteiger partial charge in [-0.15, -0.1) is 0 Å². The van der Waals surface area contributed by atoms with E-state index in [1.807, 2.05) is 0 Å². The molecule has 0 saturated carbocycles. The number of carbonyl (C=O) groups is 2. The number of nitro groups is 1. The summed E-state index contributed by atoms with van der Waals surface area (Å²) in [5.41, 5.74) is 5.44. The molecule has 2 rings (SSSR count). The van der Waals surface area contributed by atoms with Crippen LogP contribution >= 0.6 is 15.9 Å². The SMILES string of the molecule is NC(=O)C1CC(=O)N(c2cc([N+](=O)[O-])ccc2Br)C1. The summed E-state index contributed by atoms with van der Waals surface area (Å²) in [6.07, 6.45) is 0.0322. The lowest BCUT2D eigenvalue weighted by Crippen LogP contribution is -2.28. The van der Waals surface area contributed by atoms with Gasteiger partial charge >= 0.3 is 0 Å². The summed E-state index contributed by atoms with van der Waals surface area (Å²) in [5.74, 6) is -1.37. The van der Waals surface area contributed by atoms with Crippen molar-refractivity contribution >= 4 is 39.1 Å². The summed E-state index contributed by atoms with van der Waals surface area (Å²) in [6.45, 7) is 0.147. The van der Waals surface area contributed by atoms with E-state index in [4.69, 9.17) is 5.73 Å². The number of hydrogen-bond donors (Lipinski definition) is 1. The van der Waals surface area contributed by atoms with Gasteiger partial charge in [0, 0.05) is 29.6 Å². The van der Waals surface area contributed by atoms with Gasteiger partial charge in [0.2, 0.25) is 11.8 Å². The number of amides is 2. The van der Waals surface area contributed by atoms with E-state index in [1.165, 1.54) is 23.1 Å². The summed E-state index contributed by atoms with van der Waals surface area (Å²) in [6, 6.07) is 4.13. The molecule has 1 aromatic rings. The van der Waals surface area contributed by atoms with Gasteiger partial charge in [0.25, 0.3) is 5.69 Å². The molecule has 0 bridgehead atoms. The Bertz CT molecular complexity index is 575. The zero-order valence-corrected chi connectivity index (χ0v) is 11.3. The van der Waals surface area contributed by atoms with Gasteiger partial charge in [0.05, 0.1) is 16.5 Å². The molecule has 0 aliphatic carbocycles. The van der Waals surface area contributed by atoms with Gasteiger partial charge in [0.15, 0.2) is 0 Å². The molecule has 1 fully saturated rings. The zero-order valence-electron chi connectivity index (χ0n) is 9.71. The Kier molecular flexibility index (Phi) is 3.52. The molecule has 1 atom stereocenters. The van der Waals surface area contributed by atoms with Gasteiger partial charge in [-0.2, -0.15) is 0 Å². The minimum Gasteiger partial charge on any atom is -0.369 e.